The lowest BCUT2D eigenvalue weighted by molar-refractivity contribution is -0.139. The van der Waals surface area contributed by atoms with Crippen LogP contribution >= 0.6 is 23.0 Å². The average molecular weight is 310 g/mol. The molecule has 0 atom stereocenters. The van der Waals surface area contributed by atoms with E-state index in [2.05, 4.69) is 9.84 Å². The van der Waals surface area contributed by atoms with Crippen molar-refractivity contribution in [2.45, 2.75) is 19.9 Å². The first-order valence-corrected chi connectivity index (χ1v) is 5.01. The van der Waals surface area contributed by atoms with Crippen molar-refractivity contribution in [3.63, 3.8) is 0 Å². The second-order valence-electron chi connectivity index (χ2n) is 2.65. The van der Waals surface area contributed by atoms with Crippen molar-refractivity contribution in [1.29, 1.82) is 0 Å². The summed E-state index contributed by atoms with van der Waals surface area (Å²) in [5, 5.41) is 4.11. The van der Waals surface area contributed by atoms with E-state index >= 15 is 0 Å². The highest BCUT2D eigenvalue weighted by atomic mass is 127. The van der Waals surface area contributed by atoms with Crippen molar-refractivity contribution in [3.05, 3.63) is 11.8 Å². The topological polar surface area (TPSA) is 53.4 Å². The summed E-state index contributed by atoms with van der Waals surface area (Å²) in [5.74, 6) is 0.174. The zero-order valence-electron chi connectivity index (χ0n) is 7.99. The van der Waals surface area contributed by atoms with Crippen molar-refractivity contribution >= 4 is 29.0 Å². The maximum absolute atomic E-state index is 11.0. The molecule has 0 aliphatic carbocycles. The fourth-order valence-electron chi connectivity index (χ4n) is 1.02. The lowest BCUT2D eigenvalue weighted by atomic mass is 10.2. The molecule has 0 aliphatic rings. The fourth-order valence-corrected chi connectivity index (χ4v) is 1.39. The molecule has 0 radical (unpaired) electrons. The highest BCUT2D eigenvalue weighted by Gasteiger charge is 2.13. The van der Waals surface area contributed by atoms with Gasteiger partial charge in [0.25, 0.3) is 0 Å². The standard InChI is InChI=1S/C8H11IN2O3/c1-3-11-5-6(4-7(12)13-2)8(10-11)14-9/h5H,3-4H2,1-2H3. The average Bonchev–Trinajstić information content (AvgIpc) is 2.60. The Kier molecular flexibility index (Phi) is 4.18. The monoisotopic (exact) mass is 310 g/mol. The first-order chi connectivity index (χ1) is 6.71. The summed E-state index contributed by atoms with van der Waals surface area (Å²) in [6, 6.07) is 0. The molecule has 0 unspecified atom stereocenters. The summed E-state index contributed by atoms with van der Waals surface area (Å²) in [6.07, 6.45) is 1.97. The van der Waals surface area contributed by atoms with Gasteiger partial charge in [0, 0.05) is 18.3 Å². The minimum absolute atomic E-state index is 0.189. The maximum atomic E-state index is 11.0. The Morgan fingerprint density at radius 1 is 1.71 bits per heavy atom. The fraction of sp³-hybridized carbons (Fsp3) is 0.500. The SMILES string of the molecule is CCn1cc(CC(=O)OC)c(OI)n1. The van der Waals surface area contributed by atoms with E-state index in [4.69, 9.17) is 3.07 Å². The van der Waals surface area contributed by atoms with E-state index in [1.807, 2.05) is 6.92 Å². The number of esters is 1. The predicted molar refractivity (Wildman–Crippen MR) is 58.3 cm³/mol. The summed E-state index contributed by atoms with van der Waals surface area (Å²) >= 11 is 1.74. The number of ether oxygens (including phenoxy) is 1. The third-order valence-corrected chi connectivity index (χ3v) is 2.18. The Hall–Kier alpha value is -0.790. The molecule has 0 saturated carbocycles. The van der Waals surface area contributed by atoms with E-state index in [0.717, 1.165) is 12.1 Å². The summed E-state index contributed by atoms with van der Waals surface area (Å²) < 4.78 is 11.3. The molecule has 14 heavy (non-hydrogen) atoms. The Morgan fingerprint density at radius 2 is 2.43 bits per heavy atom. The molecule has 1 aromatic rings. The quantitative estimate of drug-likeness (QED) is 0.622. The number of carbonyl (C=O) groups excluding carboxylic acids is 1. The summed E-state index contributed by atoms with van der Waals surface area (Å²) in [7, 11) is 1.36. The summed E-state index contributed by atoms with van der Waals surface area (Å²) in [6.45, 7) is 2.71. The van der Waals surface area contributed by atoms with Gasteiger partial charge in [0.1, 0.15) is 0 Å². The van der Waals surface area contributed by atoms with E-state index in [1.165, 1.54) is 7.11 Å². The van der Waals surface area contributed by atoms with Gasteiger partial charge in [-0.05, 0) is 6.92 Å². The highest BCUT2D eigenvalue weighted by Crippen LogP contribution is 2.18. The lowest BCUT2D eigenvalue weighted by Gasteiger charge is -1.96. The Balaban J connectivity index is 2.83. The number of hydrogen-bond acceptors (Lipinski definition) is 4. The molecule has 1 heterocycles. The van der Waals surface area contributed by atoms with Gasteiger partial charge in [0.15, 0.2) is 23.0 Å². The molecule has 0 bridgehead atoms. The normalized spacial score (nSPS) is 9.93. The van der Waals surface area contributed by atoms with E-state index in [-0.39, 0.29) is 12.4 Å². The second-order valence-corrected chi connectivity index (χ2v) is 3.09. The van der Waals surface area contributed by atoms with Gasteiger partial charge >= 0.3 is 5.97 Å². The molecule has 5 nitrogen and oxygen atoms in total. The zero-order chi connectivity index (χ0) is 10.6. The van der Waals surface area contributed by atoms with Crippen molar-refractivity contribution in [3.8, 4) is 5.88 Å². The van der Waals surface area contributed by atoms with Gasteiger partial charge in [-0.3, -0.25) is 9.48 Å². The van der Waals surface area contributed by atoms with Crippen LogP contribution in [0.15, 0.2) is 6.20 Å². The first-order valence-electron chi connectivity index (χ1n) is 4.13. The van der Waals surface area contributed by atoms with Crippen LogP contribution in [0.3, 0.4) is 0 Å². The first kappa shape index (κ1) is 11.3. The zero-order valence-corrected chi connectivity index (χ0v) is 10.1. The van der Waals surface area contributed by atoms with Crippen LogP contribution < -0.4 is 3.07 Å². The summed E-state index contributed by atoms with van der Waals surface area (Å²) in [5.41, 5.74) is 0.744. The third kappa shape index (κ3) is 2.60. The lowest BCUT2D eigenvalue weighted by Crippen LogP contribution is -2.04. The number of rotatable bonds is 4. The van der Waals surface area contributed by atoms with Crippen LogP contribution in [-0.2, 0) is 22.5 Å². The molecule has 0 amide bonds. The van der Waals surface area contributed by atoms with E-state index in [1.54, 1.807) is 33.9 Å². The van der Waals surface area contributed by atoms with Crippen molar-refractivity contribution in [2.24, 2.45) is 0 Å². The van der Waals surface area contributed by atoms with Crippen LogP contribution in [0.2, 0.25) is 0 Å². The van der Waals surface area contributed by atoms with Crippen LogP contribution in [0.1, 0.15) is 12.5 Å². The van der Waals surface area contributed by atoms with Gasteiger partial charge in [-0.1, -0.05) is 0 Å². The molecular formula is C8H11IN2O3. The van der Waals surface area contributed by atoms with Gasteiger partial charge in [0.2, 0.25) is 5.88 Å². The minimum atomic E-state index is -0.296. The molecule has 0 N–H and O–H groups in total. The van der Waals surface area contributed by atoms with Gasteiger partial charge in [-0.2, -0.15) is 0 Å². The van der Waals surface area contributed by atoms with Gasteiger partial charge in [0.05, 0.1) is 13.5 Å². The molecule has 0 fully saturated rings. The number of halogens is 1. The van der Waals surface area contributed by atoms with Crippen molar-refractivity contribution < 1.29 is 12.6 Å². The molecule has 1 rings (SSSR count). The molecule has 0 saturated heterocycles. The molecule has 1 aromatic heterocycles. The maximum Gasteiger partial charge on any atom is 0.310 e. The second kappa shape index (κ2) is 5.18. The van der Waals surface area contributed by atoms with Crippen LogP contribution in [0.25, 0.3) is 0 Å². The predicted octanol–water partition coefficient (Wildman–Crippen LogP) is 1.35. The Morgan fingerprint density at radius 3 is 2.93 bits per heavy atom. The molecule has 78 valence electrons. The molecule has 0 spiro atoms. The van der Waals surface area contributed by atoms with Gasteiger partial charge in [-0.15, -0.1) is 5.10 Å². The smallest absolute Gasteiger partial charge is 0.310 e. The number of nitrogens with zero attached hydrogens (tertiary/aromatic N) is 2. The van der Waals surface area contributed by atoms with E-state index < -0.39 is 0 Å². The van der Waals surface area contributed by atoms with Crippen LogP contribution in [0, 0.1) is 0 Å². The van der Waals surface area contributed by atoms with Crippen molar-refractivity contribution in [1.82, 2.24) is 9.78 Å². The van der Waals surface area contributed by atoms with Crippen LogP contribution in [0.4, 0.5) is 0 Å². The summed E-state index contributed by atoms with van der Waals surface area (Å²) in [4.78, 5) is 11.0. The molecule has 0 aromatic carbocycles. The van der Waals surface area contributed by atoms with Crippen molar-refractivity contribution in [2.75, 3.05) is 7.11 Å². The number of aryl methyl sites for hydroxylation is 1. The molecule has 6 heteroatoms. The van der Waals surface area contributed by atoms with Gasteiger partial charge in [-0.25, -0.2) is 0 Å². The minimum Gasteiger partial charge on any atom is -0.469 e. The van der Waals surface area contributed by atoms with E-state index in [9.17, 15) is 4.79 Å². The molecule has 0 aliphatic heterocycles. The molecular weight excluding hydrogens is 299 g/mol. The largest absolute Gasteiger partial charge is 0.469 e. The number of hydrogen-bond donors (Lipinski definition) is 0. The number of methoxy groups -OCH3 is 1. The third-order valence-electron chi connectivity index (χ3n) is 1.76. The van der Waals surface area contributed by atoms with Gasteiger partial charge < -0.3 is 7.80 Å². The Labute approximate surface area is 96.1 Å². The van der Waals surface area contributed by atoms with E-state index in [0.29, 0.717) is 5.88 Å². The number of aromatic nitrogens is 2. The van der Waals surface area contributed by atoms with Crippen LogP contribution in [-0.4, -0.2) is 22.9 Å². The highest BCUT2D eigenvalue weighted by molar-refractivity contribution is 14.1. The van der Waals surface area contributed by atoms with Crippen LogP contribution in [0.5, 0.6) is 5.88 Å². The number of carbonyl (C=O) groups is 1. The Bertz CT molecular complexity index is 324.